The van der Waals surface area contributed by atoms with Crippen LogP contribution in [0.15, 0.2) is 47.0 Å². The standard InChI is InChI=1S/C18H14Cl4O4/c1-11(23)10-25-14-8-15(19)18(16(20)9-14)26-13-4-2-12(3-5-13)24-7-6-17(21)22/h2-6,8-9H,7,10H2,1H3. The molecule has 0 aromatic heterocycles. The van der Waals surface area contributed by atoms with Crippen LogP contribution in [-0.2, 0) is 4.79 Å². The van der Waals surface area contributed by atoms with Gasteiger partial charge in [0.1, 0.15) is 35.0 Å². The van der Waals surface area contributed by atoms with Crippen LogP contribution in [0.3, 0.4) is 0 Å². The zero-order valence-electron chi connectivity index (χ0n) is 13.6. The first kappa shape index (κ1) is 20.7. The van der Waals surface area contributed by atoms with Crippen LogP contribution < -0.4 is 14.2 Å². The van der Waals surface area contributed by atoms with Crippen LogP contribution in [-0.4, -0.2) is 19.0 Å². The first-order chi connectivity index (χ1) is 12.3. The van der Waals surface area contributed by atoms with Crippen molar-refractivity contribution in [3.63, 3.8) is 0 Å². The number of carbonyl (C=O) groups is 1. The second-order valence-corrected chi connectivity index (χ2v) is 6.91. The number of halogens is 4. The van der Waals surface area contributed by atoms with E-state index in [1.807, 2.05) is 0 Å². The fourth-order valence-corrected chi connectivity index (χ4v) is 2.50. The summed E-state index contributed by atoms with van der Waals surface area (Å²) in [6.07, 6.45) is 1.53. The largest absolute Gasteiger partial charge is 0.489 e. The minimum Gasteiger partial charge on any atom is -0.489 e. The Bertz CT molecular complexity index is 776. The Labute approximate surface area is 171 Å². The highest BCUT2D eigenvalue weighted by Gasteiger charge is 2.12. The van der Waals surface area contributed by atoms with Gasteiger partial charge in [0.2, 0.25) is 0 Å². The lowest BCUT2D eigenvalue weighted by molar-refractivity contribution is -0.118. The molecule has 0 spiro atoms. The van der Waals surface area contributed by atoms with E-state index in [4.69, 9.17) is 60.6 Å². The summed E-state index contributed by atoms with van der Waals surface area (Å²) in [4.78, 5) is 11.0. The molecule has 0 saturated carbocycles. The maximum atomic E-state index is 11.0. The van der Waals surface area contributed by atoms with Crippen molar-refractivity contribution in [3.05, 3.63) is 57.0 Å². The second kappa shape index (κ2) is 9.93. The van der Waals surface area contributed by atoms with Crippen LogP contribution in [0.1, 0.15) is 6.92 Å². The predicted molar refractivity (Wildman–Crippen MR) is 104 cm³/mol. The molecule has 0 amide bonds. The van der Waals surface area contributed by atoms with Crippen molar-refractivity contribution in [1.82, 2.24) is 0 Å². The summed E-state index contributed by atoms with van der Waals surface area (Å²) in [5.74, 6) is 1.70. The maximum Gasteiger partial charge on any atom is 0.167 e. The van der Waals surface area contributed by atoms with E-state index in [-0.39, 0.29) is 39.3 Å². The van der Waals surface area contributed by atoms with E-state index in [0.717, 1.165) is 0 Å². The number of ketones is 1. The first-order valence-electron chi connectivity index (χ1n) is 7.38. The summed E-state index contributed by atoms with van der Waals surface area (Å²) >= 11 is 23.4. The topological polar surface area (TPSA) is 44.8 Å². The highest BCUT2D eigenvalue weighted by atomic mass is 35.5. The highest BCUT2D eigenvalue weighted by Crippen LogP contribution is 2.39. The lowest BCUT2D eigenvalue weighted by Crippen LogP contribution is -2.06. The molecule has 26 heavy (non-hydrogen) atoms. The van der Waals surface area contributed by atoms with Gasteiger partial charge in [-0.2, -0.15) is 0 Å². The van der Waals surface area contributed by atoms with Crippen molar-refractivity contribution >= 4 is 52.2 Å². The molecule has 0 atom stereocenters. The third-order valence-corrected chi connectivity index (χ3v) is 3.82. The van der Waals surface area contributed by atoms with Crippen molar-refractivity contribution < 1.29 is 19.0 Å². The molecule has 4 nitrogen and oxygen atoms in total. The third kappa shape index (κ3) is 6.61. The number of hydrogen-bond acceptors (Lipinski definition) is 4. The molecule has 0 fully saturated rings. The maximum absolute atomic E-state index is 11.0. The van der Waals surface area contributed by atoms with E-state index in [1.54, 1.807) is 24.3 Å². The smallest absolute Gasteiger partial charge is 0.167 e. The predicted octanol–water partition coefficient (Wildman–Crippen LogP) is 6.45. The van der Waals surface area contributed by atoms with Crippen LogP contribution in [0.2, 0.25) is 10.0 Å². The van der Waals surface area contributed by atoms with Gasteiger partial charge in [0.05, 0.1) is 10.0 Å². The molecule has 0 aliphatic rings. The van der Waals surface area contributed by atoms with Crippen molar-refractivity contribution in [2.45, 2.75) is 6.92 Å². The van der Waals surface area contributed by atoms with Gasteiger partial charge in [-0.05, 0) is 37.3 Å². The summed E-state index contributed by atoms with van der Waals surface area (Å²) < 4.78 is 16.6. The van der Waals surface area contributed by atoms with Crippen molar-refractivity contribution in [1.29, 1.82) is 0 Å². The van der Waals surface area contributed by atoms with E-state index in [0.29, 0.717) is 17.2 Å². The van der Waals surface area contributed by atoms with Gasteiger partial charge in [-0.3, -0.25) is 4.79 Å². The molecule has 0 N–H and O–H groups in total. The molecular formula is C18H14Cl4O4. The normalized spacial score (nSPS) is 10.2. The van der Waals surface area contributed by atoms with Gasteiger partial charge < -0.3 is 14.2 Å². The Morgan fingerprint density at radius 2 is 1.54 bits per heavy atom. The van der Waals surface area contributed by atoms with Gasteiger partial charge in [0.25, 0.3) is 0 Å². The van der Waals surface area contributed by atoms with Crippen LogP contribution in [0.5, 0.6) is 23.0 Å². The van der Waals surface area contributed by atoms with E-state index in [2.05, 4.69) is 0 Å². The Balaban J connectivity index is 2.05. The molecule has 0 radical (unpaired) electrons. The summed E-state index contributed by atoms with van der Waals surface area (Å²) in [7, 11) is 0. The van der Waals surface area contributed by atoms with E-state index >= 15 is 0 Å². The second-order valence-electron chi connectivity index (χ2n) is 5.08. The molecule has 0 heterocycles. The van der Waals surface area contributed by atoms with Gasteiger partial charge in [0.15, 0.2) is 11.5 Å². The minimum atomic E-state index is -0.108. The Hall–Kier alpha value is -1.59. The van der Waals surface area contributed by atoms with Crippen LogP contribution >= 0.6 is 46.4 Å². The first-order valence-corrected chi connectivity index (χ1v) is 8.89. The van der Waals surface area contributed by atoms with E-state index < -0.39 is 0 Å². The number of hydrogen-bond donors (Lipinski definition) is 0. The fourth-order valence-electron chi connectivity index (χ4n) is 1.83. The number of rotatable bonds is 8. The molecule has 0 aliphatic heterocycles. The zero-order valence-corrected chi connectivity index (χ0v) is 16.6. The fraction of sp³-hybridized carbons (Fsp3) is 0.167. The van der Waals surface area contributed by atoms with Crippen molar-refractivity contribution in [2.24, 2.45) is 0 Å². The van der Waals surface area contributed by atoms with Gasteiger partial charge in [0, 0.05) is 12.1 Å². The van der Waals surface area contributed by atoms with Gasteiger partial charge in [-0.1, -0.05) is 46.4 Å². The molecule has 138 valence electrons. The summed E-state index contributed by atoms with van der Waals surface area (Å²) in [5.41, 5.74) is 0. The summed E-state index contributed by atoms with van der Waals surface area (Å²) in [6.45, 7) is 1.62. The average Bonchev–Trinajstić information content (AvgIpc) is 2.57. The SMILES string of the molecule is CC(=O)COc1cc(Cl)c(Oc2ccc(OCC=C(Cl)Cl)cc2)c(Cl)c1. The molecule has 0 aliphatic carbocycles. The molecule has 0 bridgehead atoms. The average molecular weight is 436 g/mol. The summed E-state index contributed by atoms with van der Waals surface area (Å²) in [6, 6.07) is 9.91. The van der Waals surface area contributed by atoms with Crippen LogP contribution in [0.25, 0.3) is 0 Å². The third-order valence-electron chi connectivity index (χ3n) is 2.95. The molecule has 0 unspecified atom stereocenters. The number of benzene rings is 2. The van der Waals surface area contributed by atoms with Crippen molar-refractivity contribution in [3.8, 4) is 23.0 Å². The number of ether oxygens (including phenoxy) is 3. The molecular weight excluding hydrogens is 422 g/mol. The summed E-state index contributed by atoms with van der Waals surface area (Å²) in [5, 5.41) is 0.525. The number of carbonyl (C=O) groups excluding carboxylic acids is 1. The molecule has 2 aromatic rings. The molecule has 0 saturated heterocycles. The molecule has 8 heteroatoms. The Morgan fingerprint density at radius 1 is 0.962 bits per heavy atom. The minimum absolute atomic E-state index is 0.0571. The molecule has 2 rings (SSSR count). The lowest BCUT2D eigenvalue weighted by atomic mass is 10.3. The van der Waals surface area contributed by atoms with Gasteiger partial charge in [-0.15, -0.1) is 0 Å². The quantitative estimate of drug-likeness (QED) is 0.477. The monoisotopic (exact) mass is 434 g/mol. The van der Waals surface area contributed by atoms with Gasteiger partial charge >= 0.3 is 0 Å². The lowest BCUT2D eigenvalue weighted by Gasteiger charge is -2.12. The van der Waals surface area contributed by atoms with E-state index in [1.165, 1.54) is 25.1 Å². The highest BCUT2D eigenvalue weighted by molar-refractivity contribution is 6.55. The Kier molecular flexibility index (Phi) is 7.91. The van der Waals surface area contributed by atoms with Gasteiger partial charge in [-0.25, -0.2) is 0 Å². The molecule has 2 aromatic carbocycles. The number of Topliss-reactive ketones (excluding diaryl/α,β-unsaturated/α-hetero) is 1. The van der Waals surface area contributed by atoms with E-state index in [9.17, 15) is 4.79 Å². The van der Waals surface area contributed by atoms with Crippen LogP contribution in [0.4, 0.5) is 0 Å². The van der Waals surface area contributed by atoms with Crippen LogP contribution in [0, 0.1) is 0 Å². The zero-order chi connectivity index (χ0) is 19.1. The van der Waals surface area contributed by atoms with Crippen molar-refractivity contribution in [2.75, 3.05) is 13.2 Å². The Morgan fingerprint density at radius 3 is 2.08 bits per heavy atom.